The summed E-state index contributed by atoms with van der Waals surface area (Å²) in [4.78, 5) is 0. The molecule has 80 valence electrons. The summed E-state index contributed by atoms with van der Waals surface area (Å²) in [6.45, 7) is 6.04. The second kappa shape index (κ2) is 4.03. The van der Waals surface area contributed by atoms with Crippen LogP contribution in [-0.4, -0.2) is 6.04 Å². The van der Waals surface area contributed by atoms with E-state index >= 15 is 0 Å². The zero-order valence-electron chi connectivity index (χ0n) is 9.13. The van der Waals surface area contributed by atoms with Crippen molar-refractivity contribution in [3.05, 3.63) is 12.2 Å². The van der Waals surface area contributed by atoms with Gasteiger partial charge in [0, 0.05) is 6.04 Å². The maximum atomic E-state index is 5.62. The number of rotatable bonds is 5. The molecule has 0 radical (unpaired) electrons. The molecule has 2 aliphatic rings. The van der Waals surface area contributed by atoms with E-state index in [-0.39, 0.29) is 0 Å². The minimum Gasteiger partial charge on any atom is -0.271 e. The lowest BCUT2D eigenvalue weighted by molar-refractivity contribution is 0.391. The van der Waals surface area contributed by atoms with Gasteiger partial charge in [0.15, 0.2) is 0 Å². The first-order chi connectivity index (χ1) is 6.74. The molecule has 0 heterocycles. The Morgan fingerprint density at radius 3 is 2.64 bits per heavy atom. The third kappa shape index (κ3) is 1.86. The molecule has 0 aliphatic heterocycles. The van der Waals surface area contributed by atoms with E-state index in [1.165, 1.54) is 31.3 Å². The van der Waals surface area contributed by atoms with Crippen LogP contribution in [0.5, 0.6) is 0 Å². The fraction of sp³-hybridized carbons (Fsp3) is 0.833. The van der Waals surface area contributed by atoms with Crippen LogP contribution < -0.4 is 11.3 Å². The summed E-state index contributed by atoms with van der Waals surface area (Å²) in [5, 5.41) is 0. The van der Waals surface area contributed by atoms with Gasteiger partial charge in [0.1, 0.15) is 0 Å². The summed E-state index contributed by atoms with van der Waals surface area (Å²) in [7, 11) is 0. The largest absolute Gasteiger partial charge is 0.271 e. The Morgan fingerprint density at radius 1 is 1.50 bits per heavy atom. The van der Waals surface area contributed by atoms with Crippen LogP contribution in [0.3, 0.4) is 0 Å². The molecule has 3 N–H and O–H groups in total. The molecule has 0 saturated heterocycles. The average Bonchev–Trinajstić information content (AvgIpc) is 2.63. The van der Waals surface area contributed by atoms with E-state index in [0.29, 0.717) is 6.04 Å². The molecule has 2 rings (SSSR count). The number of fused-ring (bicyclic) bond motifs is 1. The molecular formula is C12H22N2. The molecule has 3 unspecified atom stereocenters. The number of nitrogens with two attached hydrogens (primary N) is 1. The second-order valence-electron chi connectivity index (χ2n) is 5.10. The minimum absolute atomic E-state index is 0.544. The zero-order chi connectivity index (χ0) is 10.1. The van der Waals surface area contributed by atoms with Gasteiger partial charge in [0.25, 0.3) is 0 Å². The summed E-state index contributed by atoms with van der Waals surface area (Å²) in [5.74, 6) is 8.51. The van der Waals surface area contributed by atoms with Crippen molar-refractivity contribution in [2.24, 2.45) is 23.6 Å². The lowest BCUT2D eigenvalue weighted by Gasteiger charge is -2.17. The predicted molar refractivity (Wildman–Crippen MR) is 59.5 cm³/mol. The Hall–Kier alpha value is -0.340. The van der Waals surface area contributed by atoms with E-state index in [1.807, 2.05) is 0 Å². The van der Waals surface area contributed by atoms with Crippen molar-refractivity contribution in [3.8, 4) is 0 Å². The molecule has 2 nitrogen and oxygen atoms in total. The summed E-state index contributed by atoms with van der Waals surface area (Å²) >= 11 is 0. The van der Waals surface area contributed by atoms with E-state index in [9.17, 15) is 0 Å². The van der Waals surface area contributed by atoms with Crippen molar-refractivity contribution in [2.75, 3.05) is 0 Å². The van der Waals surface area contributed by atoms with Gasteiger partial charge >= 0.3 is 0 Å². The molecule has 2 saturated carbocycles. The number of hydrogen-bond donors (Lipinski definition) is 2. The highest BCUT2D eigenvalue weighted by molar-refractivity contribution is 5.06. The maximum Gasteiger partial charge on any atom is 0.0247 e. The molecule has 0 aromatic carbocycles. The molecule has 0 aromatic rings. The lowest BCUT2D eigenvalue weighted by Crippen LogP contribution is -2.38. The molecule has 3 atom stereocenters. The quantitative estimate of drug-likeness (QED) is 0.400. The SMILES string of the molecule is C=C(C)CCC(NN)C1C2CCCC21. The van der Waals surface area contributed by atoms with Crippen molar-refractivity contribution >= 4 is 0 Å². The molecule has 2 heteroatoms. The number of hydrogen-bond acceptors (Lipinski definition) is 2. The third-order valence-electron chi connectivity index (χ3n) is 4.03. The van der Waals surface area contributed by atoms with E-state index in [2.05, 4.69) is 18.9 Å². The Bertz CT molecular complexity index is 214. The first-order valence-electron chi connectivity index (χ1n) is 5.84. The van der Waals surface area contributed by atoms with E-state index in [0.717, 1.165) is 24.2 Å². The van der Waals surface area contributed by atoms with Crippen molar-refractivity contribution in [3.63, 3.8) is 0 Å². The second-order valence-corrected chi connectivity index (χ2v) is 5.10. The number of hydrazine groups is 1. The van der Waals surface area contributed by atoms with Crippen molar-refractivity contribution < 1.29 is 0 Å². The summed E-state index contributed by atoms with van der Waals surface area (Å²) in [5.41, 5.74) is 4.28. The Balaban J connectivity index is 1.79. The van der Waals surface area contributed by atoms with Gasteiger partial charge in [0.05, 0.1) is 0 Å². The minimum atomic E-state index is 0.544. The van der Waals surface area contributed by atoms with Gasteiger partial charge in [-0.2, -0.15) is 0 Å². The fourth-order valence-electron chi connectivity index (χ4n) is 3.26. The first kappa shape index (κ1) is 10.2. The molecule has 0 bridgehead atoms. The van der Waals surface area contributed by atoms with Crippen LogP contribution in [0.4, 0.5) is 0 Å². The zero-order valence-corrected chi connectivity index (χ0v) is 9.13. The van der Waals surface area contributed by atoms with Gasteiger partial charge in [-0.25, -0.2) is 0 Å². The Kier molecular flexibility index (Phi) is 2.93. The highest BCUT2D eigenvalue weighted by Gasteiger charge is 2.55. The molecule has 2 aliphatic carbocycles. The Labute approximate surface area is 86.9 Å². The van der Waals surface area contributed by atoms with E-state index in [4.69, 9.17) is 5.84 Å². The van der Waals surface area contributed by atoms with Gasteiger partial charge in [-0.05, 0) is 50.4 Å². The summed E-state index contributed by atoms with van der Waals surface area (Å²) < 4.78 is 0. The summed E-state index contributed by atoms with van der Waals surface area (Å²) in [6, 6.07) is 0.544. The highest BCUT2D eigenvalue weighted by atomic mass is 15.2. The predicted octanol–water partition coefficient (Wildman–Crippen LogP) is 2.22. The molecule has 0 spiro atoms. The van der Waals surface area contributed by atoms with Gasteiger partial charge in [-0.3, -0.25) is 11.3 Å². The maximum absolute atomic E-state index is 5.62. The van der Waals surface area contributed by atoms with Crippen LogP contribution in [0.2, 0.25) is 0 Å². The lowest BCUT2D eigenvalue weighted by atomic mass is 9.99. The first-order valence-corrected chi connectivity index (χ1v) is 5.84. The van der Waals surface area contributed by atoms with Crippen LogP contribution in [0.15, 0.2) is 12.2 Å². The standard InChI is InChI=1S/C12H22N2/c1-8(2)6-7-11(14-13)12-9-4-3-5-10(9)12/h9-12,14H,1,3-7,13H2,2H3. The van der Waals surface area contributed by atoms with Crippen LogP contribution in [0.1, 0.15) is 39.0 Å². The summed E-state index contributed by atoms with van der Waals surface area (Å²) in [6.07, 6.45) is 6.62. The van der Waals surface area contributed by atoms with Gasteiger partial charge in [0.2, 0.25) is 0 Å². The Morgan fingerprint density at radius 2 is 2.14 bits per heavy atom. The molecule has 0 amide bonds. The molecule has 14 heavy (non-hydrogen) atoms. The molecule has 0 aromatic heterocycles. The average molecular weight is 194 g/mol. The topological polar surface area (TPSA) is 38.0 Å². The van der Waals surface area contributed by atoms with Gasteiger partial charge < -0.3 is 0 Å². The monoisotopic (exact) mass is 194 g/mol. The van der Waals surface area contributed by atoms with Gasteiger partial charge in [-0.1, -0.05) is 12.0 Å². The molecular weight excluding hydrogens is 172 g/mol. The highest BCUT2D eigenvalue weighted by Crippen LogP contribution is 2.59. The van der Waals surface area contributed by atoms with Crippen LogP contribution in [0.25, 0.3) is 0 Å². The number of nitrogens with one attached hydrogen (secondary N) is 1. The normalized spacial score (nSPS) is 36.6. The number of allylic oxidation sites excluding steroid dienone is 1. The molecule has 2 fully saturated rings. The van der Waals surface area contributed by atoms with Gasteiger partial charge in [-0.15, -0.1) is 6.58 Å². The smallest absolute Gasteiger partial charge is 0.0247 e. The van der Waals surface area contributed by atoms with Crippen molar-refractivity contribution in [2.45, 2.75) is 45.1 Å². The van der Waals surface area contributed by atoms with Crippen molar-refractivity contribution in [1.29, 1.82) is 0 Å². The van der Waals surface area contributed by atoms with Crippen LogP contribution in [0, 0.1) is 17.8 Å². The van der Waals surface area contributed by atoms with E-state index in [1.54, 1.807) is 0 Å². The van der Waals surface area contributed by atoms with Crippen LogP contribution >= 0.6 is 0 Å². The van der Waals surface area contributed by atoms with Crippen LogP contribution in [-0.2, 0) is 0 Å². The third-order valence-corrected chi connectivity index (χ3v) is 4.03. The van der Waals surface area contributed by atoms with Crippen molar-refractivity contribution in [1.82, 2.24) is 5.43 Å². The fourth-order valence-corrected chi connectivity index (χ4v) is 3.26. The van der Waals surface area contributed by atoms with E-state index < -0.39 is 0 Å².